The van der Waals surface area contributed by atoms with Crippen LogP contribution in [0.4, 0.5) is 0 Å². The van der Waals surface area contributed by atoms with Crippen molar-refractivity contribution in [1.29, 1.82) is 0 Å². The molecular weight excluding hydrogens is 292 g/mol. The van der Waals surface area contributed by atoms with E-state index >= 15 is 0 Å². The Labute approximate surface area is 126 Å². The van der Waals surface area contributed by atoms with Gasteiger partial charge in [-0.3, -0.25) is 0 Å². The number of hydrogen-bond donors (Lipinski definition) is 1. The molecule has 1 heterocycles. The van der Waals surface area contributed by atoms with E-state index in [-0.39, 0.29) is 4.99 Å². The lowest BCUT2D eigenvalue weighted by molar-refractivity contribution is 0.423. The zero-order valence-corrected chi connectivity index (χ0v) is 13.3. The summed E-state index contributed by atoms with van der Waals surface area (Å²) in [6.45, 7) is 3.00. The van der Waals surface area contributed by atoms with Gasteiger partial charge in [0, 0.05) is 18.7 Å². The third kappa shape index (κ3) is 3.19. The van der Waals surface area contributed by atoms with E-state index in [2.05, 4.69) is 0 Å². The minimum Gasteiger partial charge on any atom is -0.389 e. The van der Waals surface area contributed by atoms with Gasteiger partial charge in [0.15, 0.2) is 0 Å². The highest BCUT2D eigenvalue weighted by Crippen LogP contribution is 2.23. The van der Waals surface area contributed by atoms with E-state index in [0.717, 1.165) is 25.7 Å². The molecule has 1 aliphatic heterocycles. The predicted octanol–water partition coefficient (Wildman–Crippen LogP) is 2.19. The molecule has 1 aliphatic rings. The summed E-state index contributed by atoms with van der Waals surface area (Å²) in [6.07, 6.45) is 4.07. The molecule has 0 aromatic heterocycles. The molecule has 1 aromatic rings. The van der Waals surface area contributed by atoms with Crippen LogP contribution in [0, 0.1) is 6.92 Å². The van der Waals surface area contributed by atoms with Gasteiger partial charge in [0.2, 0.25) is 10.0 Å². The minimum absolute atomic E-state index is 0.284. The number of sulfonamides is 1. The van der Waals surface area contributed by atoms with Crippen molar-refractivity contribution in [3.8, 4) is 0 Å². The molecule has 0 aliphatic carbocycles. The number of nitrogens with two attached hydrogens (primary N) is 1. The third-order valence-electron chi connectivity index (χ3n) is 3.64. The lowest BCUT2D eigenvalue weighted by Crippen LogP contribution is -2.32. The van der Waals surface area contributed by atoms with E-state index in [9.17, 15) is 8.42 Å². The van der Waals surface area contributed by atoms with Crippen LogP contribution in [-0.2, 0) is 10.0 Å². The molecule has 110 valence electrons. The summed E-state index contributed by atoms with van der Waals surface area (Å²) in [7, 11) is -3.41. The van der Waals surface area contributed by atoms with Crippen molar-refractivity contribution in [2.24, 2.45) is 5.73 Å². The largest absolute Gasteiger partial charge is 0.389 e. The van der Waals surface area contributed by atoms with Crippen LogP contribution >= 0.6 is 12.2 Å². The zero-order valence-electron chi connectivity index (χ0n) is 11.6. The third-order valence-corrected chi connectivity index (χ3v) is 5.94. The van der Waals surface area contributed by atoms with Crippen LogP contribution in [0.5, 0.6) is 0 Å². The van der Waals surface area contributed by atoms with Gasteiger partial charge < -0.3 is 5.73 Å². The van der Waals surface area contributed by atoms with Crippen LogP contribution in [0.25, 0.3) is 0 Å². The number of benzene rings is 1. The standard InChI is InChI=1S/C14H20N2O2S2/c1-11-10-12(14(15)19)6-7-13(11)20(17,18)16-8-4-2-3-5-9-16/h6-7,10H,2-5,8-9H2,1H3,(H2,15,19). The molecule has 1 saturated heterocycles. The van der Waals surface area contributed by atoms with Crippen molar-refractivity contribution in [2.45, 2.75) is 37.5 Å². The van der Waals surface area contributed by atoms with E-state index in [0.29, 0.717) is 29.1 Å². The Bertz CT molecular complexity index is 604. The summed E-state index contributed by atoms with van der Waals surface area (Å²) in [6, 6.07) is 5.04. The van der Waals surface area contributed by atoms with Gasteiger partial charge in [-0.15, -0.1) is 0 Å². The van der Waals surface area contributed by atoms with Crippen LogP contribution in [0.3, 0.4) is 0 Å². The van der Waals surface area contributed by atoms with E-state index in [1.54, 1.807) is 29.4 Å². The molecule has 0 atom stereocenters. The molecule has 6 heteroatoms. The van der Waals surface area contributed by atoms with Crippen molar-refractivity contribution in [3.05, 3.63) is 29.3 Å². The number of rotatable bonds is 3. The lowest BCUT2D eigenvalue weighted by atomic mass is 10.1. The van der Waals surface area contributed by atoms with Crippen molar-refractivity contribution < 1.29 is 8.42 Å². The van der Waals surface area contributed by atoms with E-state index in [4.69, 9.17) is 18.0 Å². The van der Waals surface area contributed by atoms with E-state index in [1.165, 1.54) is 0 Å². The second kappa shape index (κ2) is 6.20. The van der Waals surface area contributed by atoms with Gasteiger partial charge in [0.1, 0.15) is 4.99 Å². The molecule has 0 unspecified atom stereocenters. The quantitative estimate of drug-likeness (QED) is 0.869. The molecule has 20 heavy (non-hydrogen) atoms. The van der Waals surface area contributed by atoms with Crippen LogP contribution in [0.15, 0.2) is 23.1 Å². The normalized spacial score (nSPS) is 17.6. The first-order valence-electron chi connectivity index (χ1n) is 6.83. The maximum absolute atomic E-state index is 12.7. The highest BCUT2D eigenvalue weighted by atomic mass is 32.2. The number of aryl methyl sites for hydroxylation is 1. The Balaban J connectivity index is 2.36. The maximum atomic E-state index is 12.7. The molecule has 4 nitrogen and oxygen atoms in total. The Morgan fingerprint density at radius 1 is 1.20 bits per heavy atom. The lowest BCUT2D eigenvalue weighted by Gasteiger charge is -2.21. The van der Waals surface area contributed by atoms with Gasteiger partial charge in [-0.2, -0.15) is 4.31 Å². The summed E-state index contributed by atoms with van der Waals surface area (Å²) in [5.41, 5.74) is 6.97. The highest BCUT2D eigenvalue weighted by molar-refractivity contribution is 7.89. The van der Waals surface area contributed by atoms with Crippen molar-refractivity contribution in [3.63, 3.8) is 0 Å². The number of hydrogen-bond acceptors (Lipinski definition) is 3. The molecule has 0 amide bonds. The summed E-state index contributed by atoms with van der Waals surface area (Å²) in [5, 5.41) is 0. The smallest absolute Gasteiger partial charge is 0.243 e. The van der Waals surface area contributed by atoms with Gasteiger partial charge >= 0.3 is 0 Å². The van der Waals surface area contributed by atoms with E-state index in [1.807, 2.05) is 0 Å². The van der Waals surface area contributed by atoms with Crippen molar-refractivity contribution >= 4 is 27.2 Å². The fourth-order valence-electron chi connectivity index (χ4n) is 2.51. The predicted molar refractivity (Wildman–Crippen MR) is 84.3 cm³/mol. The summed E-state index contributed by atoms with van der Waals surface area (Å²) in [5.74, 6) is 0. The number of nitrogens with zero attached hydrogens (tertiary/aromatic N) is 1. The molecular formula is C14H20N2O2S2. The second-order valence-corrected chi connectivity index (χ2v) is 7.51. The van der Waals surface area contributed by atoms with Gasteiger partial charge in [-0.25, -0.2) is 8.42 Å². The van der Waals surface area contributed by atoms with Crippen molar-refractivity contribution in [1.82, 2.24) is 4.31 Å². The van der Waals surface area contributed by atoms with Crippen LogP contribution in [0.1, 0.15) is 36.8 Å². The Morgan fingerprint density at radius 3 is 2.30 bits per heavy atom. The molecule has 1 aromatic carbocycles. The minimum atomic E-state index is -3.41. The molecule has 0 bridgehead atoms. The Kier molecular flexibility index (Phi) is 4.78. The van der Waals surface area contributed by atoms with Gasteiger partial charge in [0.05, 0.1) is 4.90 Å². The summed E-state index contributed by atoms with van der Waals surface area (Å²) < 4.78 is 27.0. The van der Waals surface area contributed by atoms with Gasteiger partial charge in [-0.05, 0) is 37.5 Å². The fraction of sp³-hybridized carbons (Fsp3) is 0.500. The molecule has 1 fully saturated rings. The highest BCUT2D eigenvalue weighted by Gasteiger charge is 2.26. The monoisotopic (exact) mass is 312 g/mol. The van der Waals surface area contributed by atoms with Gasteiger partial charge in [-0.1, -0.05) is 31.1 Å². The van der Waals surface area contributed by atoms with Crippen LogP contribution in [0.2, 0.25) is 0 Å². The molecule has 2 N–H and O–H groups in total. The first-order valence-corrected chi connectivity index (χ1v) is 8.68. The molecule has 2 rings (SSSR count). The van der Waals surface area contributed by atoms with Crippen molar-refractivity contribution in [2.75, 3.05) is 13.1 Å². The number of thiocarbonyl (C=S) groups is 1. The Morgan fingerprint density at radius 2 is 1.80 bits per heavy atom. The fourth-order valence-corrected chi connectivity index (χ4v) is 4.36. The van der Waals surface area contributed by atoms with Gasteiger partial charge in [0.25, 0.3) is 0 Å². The summed E-state index contributed by atoms with van der Waals surface area (Å²) in [4.78, 5) is 0.645. The average Bonchev–Trinajstić information content (AvgIpc) is 2.67. The van der Waals surface area contributed by atoms with E-state index < -0.39 is 10.0 Å². The first kappa shape index (κ1) is 15.4. The molecule has 0 saturated carbocycles. The van der Waals surface area contributed by atoms with Crippen LogP contribution in [-0.4, -0.2) is 30.8 Å². The Hall–Kier alpha value is -0.980. The first-order chi connectivity index (χ1) is 9.43. The second-order valence-electron chi connectivity index (χ2n) is 5.16. The SMILES string of the molecule is Cc1cc(C(N)=S)ccc1S(=O)(=O)N1CCCCCC1. The zero-order chi connectivity index (χ0) is 14.8. The summed E-state index contributed by atoms with van der Waals surface area (Å²) >= 11 is 4.92. The van der Waals surface area contributed by atoms with Crippen LogP contribution < -0.4 is 5.73 Å². The molecule has 0 spiro atoms. The topological polar surface area (TPSA) is 63.4 Å². The molecule has 0 radical (unpaired) electrons. The average molecular weight is 312 g/mol. The maximum Gasteiger partial charge on any atom is 0.243 e.